The average molecular weight is 189 g/mol. The van der Waals surface area contributed by atoms with Gasteiger partial charge in [-0.25, -0.2) is 8.78 Å². The minimum atomic E-state index is -2.76. The Bertz CT molecular complexity index is 360. The molecule has 0 aliphatic rings. The summed E-state index contributed by atoms with van der Waals surface area (Å²) in [6, 6.07) is 1.13. The largest absolute Gasteiger partial charge is 0.482 e. The predicted molar refractivity (Wildman–Crippen MR) is 43.3 cm³/mol. The standard InChI is InChI=1S/C8H9F2NO2/c1-4-3-5(6(9)10)7(12)11-8(4)13-2/h3,6H,1-2H3,(H,11,12). The predicted octanol–water partition coefficient (Wildman–Crippen LogP) is 1.63. The van der Waals surface area contributed by atoms with Crippen molar-refractivity contribution < 1.29 is 13.5 Å². The number of aromatic nitrogens is 1. The SMILES string of the molecule is COc1[nH]c(=O)c(C(F)F)cc1C. The second kappa shape index (κ2) is 3.55. The molecule has 1 aromatic rings. The van der Waals surface area contributed by atoms with Gasteiger partial charge in [0, 0.05) is 5.56 Å². The molecular formula is C8H9F2NO2. The quantitative estimate of drug-likeness (QED) is 0.768. The molecule has 0 saturated carbocycles. The van der Waals surface area contributed by atoms with Crippen LogP contribution in [0.4, 0.5) is 8.78 Å². The number of ether oxygens (including phenoxy) is 1. The number of methoxy groups -OCH3 is 1. The van der Waals surface area contributed by atoms with E-state index in [-0.39, 0.29) is 5.88 Å². The summed E-state index contributed by atoms with van der Waals surface area (Å²) >= 11 is 0. The molecule has 3 nitrogen and oxygen atoms in total. The van der Waals surface area contributed by atoms with Crippen LogP contribution in [0.25, 0.3) is 0 Å². The first kappa shape index (κ1) is 9.70. The lowest BCUT2D eigenvalue weighted by Crippen LogP contribution is -2.14. The fourth-order valence-electron chi connectivity index (χ4n) is 1.01. The number of aromatic amines is 1. The minimum absolute atomic E-state index is 0.217. The Morgan fingerprint density at radius 1 is 1.54 bits per heavy atom. The molecule has 1 rings (SSSR count). The molecule has 1 aromatic heterocycles. The average Bonchev–Trinajstić information content (AvgIpc) is 2.07. The van der Waals surface area contributed by atoms with Gasteiger partial charge in [0.15, 0.2) is 5.88 Å². The molecule has 0 fully saturated rings. The lowest BCUT2D eigenvalue weighted by Gasteiger charge is -2.05. The van der Waals surface area contributed by atoms with Crippen LogP contribution in [0.2, 0.25) is 0 Å². The van der Waals surface area contributed by atoms with Crippen LogP contribution in [-0.4, -0.2) is 12.1 Å². The van der Waals surface area contributed by atoms with Gasteiger partial charge in [-0.05, 0) is 13.0 Å². The molecule has 0 aromatic carbocycles. The molecule has 0 spiro atoms. The van der Waals surface area contributed by atoms with Crippen LogP contribution in [0, 0.1) is 6.92 Å². The van der Waals surface area contributed by atoms with E-state index in [4.69, 9.17) is 4.74 Å². The summed E-state index contributed by atoms with van der Waals surface area (Å²) in [7, 11) is 1.36. The second-order valence-electron chi connectivity index (χ2n) is 2.57. The first-order valence-electron chi connectivity index (χ1n) is 3.62. The molecule has 0 aliphatic heterocycles. The zero-order valence-electron chi connectivity index (χ0n) is 7.23. The van der Waals surface area contributed by atoms with Crippen molar-refractivity contribution in [2.24, 2.45) is 0 Å². The second-order valence-corrected chi connectivity index (χ2v) is 2.57. The Morgan fingerprint density at radius 2 is 2.15 bits per heavy atom. The Balaban J connectivity index is 3.29. The maximum Gasteiger partial charge on any atom is 0.269 e. The molecule has 1 heterocycles. The molecule has 0 aliphatic carbocycles. The van der Waals surface area contributed by atoms with Crippen LogP contribution in [-0.2, 0) is 0 Å². The molecule has 1 N–H and O–H groups in total. The number of rotatable bonds is 2. The van der Waals surface area contributed by atoms with E-state index in [1.807, 2.05) is 0 Å². The lowest BCUT2D eigenvalue weighted by atomic mass is 10.2. The van der Waals surface area contributed by atoms with Crippen molar-refractivity contribution in [1.29, 1.82) is 0 Å². The third kappa shape index (κ3) is 1.85. The summed E-state index contributed by atoms with van der Waals surface area (Å²) in [5.41, 5.74) is -0.854. The van der Waals surface area contributed by atoms with Crippen molar-refractivity contribution in [1.82, 2.24) is 4.98 Å². The first-order valence-corrected chi connectivity index (χ1v) is 3.62. The van der Waals surface area contributed by atoms with Crippen molar-refractivity contribution in [3.05, 3.63) is 27.5 Å². The highest BCUT2D eigenvalue weighted by atomic mass is 19.3. The number of nitrogens with one attached hydrogen (secondary N) is 1. The number of alkyl halides is 2. The van der Waals surface area contributed by atoms with Gasteiger partial charge in [-0.3, -0.25) is 9.78 Å². The maximum absolute atomic E-state index is 12.2. The normalized spacial score (nSPS) is 10.5. The molecular weight excluding hydrogens is 180 g/mol. The van der Waals surface area contributed by atoms with Crippen molar-refractivity contribution in [2.45, 2.75) is 13.3 Å². The summed E-state index contributed by atoms with van der Waals surface area (Å²) in [6.07, 6.45) is -2.76. The fraction of sp³-hybridized carbons (Fsp3) is 0.375. The zero-order valence-corrected chi connectivity index (χ0v) is 7.23. The number of H-pyrrole nitrogens is 1. The minimum Gasteiger partial charge on any atom is -0.482 e. The van der Waals surface area contributed by atoms with Gasteiger partial charge in [0.1, 0.15) is 0 Å². The molecule has 5 heteroatoms. The molecule has 0 amide bonds. The summed E-state index contributed by atoms with van der Waals surface area (Å²) in [6.45, 7) is 1.58. The summed E-state index contributed by atoms with van der Waals surface area (Å²) in [4.78, 5) is 13.2. The van der Waals surface area contributed by atoms with Crippen molar-refractivity contribution in [3.63, 3.8) is 0 Å². The molecule has 0 bridgehead atoms. The fourth-order valence-corrected chi connectivity index (χ4v) is 1.01. The number of hydrogen-bond donors (Lipinski definition) is 1. The third-order valence-electron chi connectivity index (χ3n) is 1.66. The van der Waals surface area contributed by atoms with Crippen molar-refractivity contribution >= 4 is 0 Å². The van der Waals surface area contributed by atoms with Crippen LogP contribution < -0.4 is 10.3 Å². The van der Waals surface area contributed by atoms with Crippen molar-refractivity contribution in [2.75, 3.05) is 7.11 Å². The zero-order chi connectivity index (χ0) is 10.0. The van der Waals surface area contributed by atoms with Crippen LogP contribution in [0.15, 0.2) is 10.9 Å². The smallest absolute Gasteiger partial charge is 0.269 e. The van der Waals surface area contributed by atoms with Gasteiger partial charge in [0.05, 0.1) is 12.7 Å². The Morgan fingerprint density at radius 3 is 2.62 bits per heavy atom. The molecule has 0 atom stereocenters. The van der Waals surface area contributed by atoms with Gasteiger partial charge in [-0.1, -0.05) is 0 Å². The van der Waals surface area contributed by atoms with Crippen LogP contribution in [0.1, 0.15) is 17.6 Å². The van der Waals surface area contributed by atoms with Gasteiger partial charge in [-0.15, -0.1) is 0 Å². The van der Waals surface area contributed by atoms with E-state index in [1.165, 1.54) is 7.11 Å². The highest BCUT2D eigenvalue weighted by Crippen LogP contribution is 2.19. The Hall–Kier alpha value is -1.39. The first-order chi connectivity index (χ1) is 6.06. The van der Waals surface area contributed by atoms with Gasteiger partial charge < -0.3 is 4.74 Å². The highest BCUT2D eigenvalue weighted by Gasteiger charge is 2.14. The van der Waals surface area contributed by atoms with Gasteiger partial charge in [0.2, 0.25) is 0 Å². The van der Waals surface area contributed by atoms with E-state index in [1.54, 1.807) is 6.92 Å². The van der Waals surface area contributed by atoms with E-state index in [0.717, 1.165) is 6.07 Å². The van der Waals surface area contributed by atoms with Crippen LogP contribution in [0.3, 0.4) is 0 Å². The maximum atomic E-state index is 12.2. The number of halogens is 2. The molecule has 0 unspecified atom stereocenters. The number of aryl methyl sites for hydroxylation is 1. The molecule has 0 saturated heterocycles. The van der Waals surface area contributed by atoms with Gasteiger partial charge in [0.25, 0.3) is 12.0 Å². The van der Waals surface area contributed by atoms with Crippen LogP contribution >= 0.6 is 0 Å². The Labute approximate surface area is 73.4 Å². The molecule has 0 radical (unpaired) electrons. The number of pyridine rings is 1. The Kier molecular flexibility index (Phi) is 2.65. The van der Waals surface area contributed by atoms with Crippen LogP contribution in [0.5, 0.6) is 5.88 Å². The summed E-state index contributed by atoms with van der Waals surface area (Å²) in [5, 5.41) is 0. The summed E-state index contributed by atoms with van der Waals surface area (Å²) < 4.78 is 29.1. The number of hydrogen-bond acceptors (Lipinski definition) is 2. The molecule has 13 heavy (non-hydrogen) atoms. The summed E-state index contributed by atoms with van der Waals surface area (Å²) in [5.74, 6) is 0.217. The van der Waals surface area contributed by atoms with Gasteiger partial charge >= 0.3 is 0 Å². The monoisotopic (exact) mass is 189 g/mol. The molecule has 72 valence electrons. The van der Waals surface area contributed by atoms with Crippen molar-refractivity contribution in [3.8, 4) is 5.88 Å². The van der Waals surface area contributed by atoms with E-state index in [2.05, 4.69) is 4.98 Å². The van der Waals surface area contributed by atoms with E-state index in [0.29, 0.717) is 5.56 Å². The third-order valence-corrected chi connectivity index (χ3v) is 1.66. The van der Waals surface area contributed by atoms with E-state index < -0.39 is 17.5 Å². The van der Waals surface area contributed by atoms with E-state index >= 15 is 0 Å². The van der Waals surface area contributed by atoms with E-state index in [9.17, 15) is 13.6 Å². The van der Waals surface area contributed by atoms with Gasteiger partial charge in [-0.2, -0.15) is 0 Å². The lowest BCUT2D eigenvalue weighted by molar-refractivity contribution is 0.149. The highest BCUT2D eigenvalue weighted by molar-refractivity contribution is 5.28. The topological polar surface area (TPSA) is 42.1 Å².